The number of fused-ring (bicyclic) bond motifs is 6. The predicted molar refractivity (Wildman–Crippen MR) is 136 cm³/mol. The van der Waals surface area contributed by atoms with E-state index in [1.54, 1.807) is 0 Å². The molecule has 1 N–H and O–H groups in total. The van der Waals surface area contributed by atoms with Gasteiger partial charge in [0, 0.05) is 22.5 Å². The van der Waals surface area contributed by atoms with Gasteiger partial charge in [0.05, 0.1) is 17.7 Å². The third-order valence-electron chi connectivity index (χ3n) is 11.2. The van der Waals surface area contributed by atoms with Crippen molar-refractivity contribution in [2.75, 3.05) is 0 Å². The number of aliphatic hydroxyl groups is 1. The molecule has 4 aliphatic carbocycles. The number of rotatable bonds is 3. The normalized spacial score (nSPS) is 43.9. The van der Waals surface area contributed by atoms with Gasteiger partial charge in [-0.2, -0.15) is 5.10 Å². The summed E-state index contributed by atoms with van der Waals surface area (Å²) in [5.41, 5.74) is 0.903. The molecule has 0 unspecified atom stereocenters. The molecule has 0 saturated heterocycles. The summed E-state index contributed by atoms with van der Waals surface area (Å²) in [5, 5.41) is 17.1. The topological polar surface area (TPSA) is 55.1 Å². The van der Waals surface area contributed by atoms with Crippen molar-refractivity contribution in [3.8, 4) is 0 Å². The monoisotopic (exact) mass is 482 g/mol. The molecule has 1 heterocycles. The molecule has 0 bridgehead atoms. The van der Waals surface area contributed by atoms with Crippen LogP contribution >= 0.6 is 11.6 Å². The lowest BCUT2D eigenvalue weighted by atomic mass is 9.44. The van der Waals surface area contributed by atoms with Crippen molar-refractivity contribution in [3.05, 3.63) is 29.4 Å². The first kappa shape index (κ1) is 23.0. The molecule has 0 amide bonds. The summed E-state index contributed by atoms with van der Waals surface area (Å²) in [6.45, 7) is 7.38. The second kappa shape index (κ2) is 7.80. The SMILES string of the molecule is C[C@@]1(O)CC[C@@]2(C)[C@H](CC[C@@H]3[C@@H]2CC[C@]2(C)[C@@H](C(=O)Cn4cc5cc(Cl)ccc5n4)CC[C@@H]32)C1. The minimum absolute atomic E-state index is 0.123. The van der Waals surface area contributed by atoms with Crippen molar-refractivity contribution in [2.45, 2.75) is 90.7 Å². The highest BCUT2D eigenvalue weighted by Crippen LogP contribution is 2.68. The van der Waals surface area contributed by atoms with Gasteiger partial charge in [0.25, 0.3) is 0 Å². The summed E-state index contributed by atoms with van der Waals surface area (Å²) in [7, 11) is 0. The van der Waals surface area contributed by atoms with Crippen molar-refractivity contribution in [3.63, 3.8) is 0 Å². The maximum Gasteiger partial charge on any atom is 0.157 e. The van der Waals surface area contributed by atoms with E-state index >= 15 is 0 Å². The average Bonchev–Trinajstić information content (AvgIpc) is 3.33. The fourth-order valence-corrected chi connectivity index (χ4v) is 9.54. The van der Waals surface area contributed by atoms with Crippen molar-refractivity contribution in [1.29, 1.82) is 0 Å². The Balaban J connectivity index is 1.20. The van der Waals surface area contributed by atoms with E-state index in [4.69, 9.17) is 11.6 Å². The zero-order chi connectivity index (χ0) is 23.9. The van der Waals surface area contributed by atoms with Crippen LogP contribution in [0.1, 0.15) is 78.6 Å². The second-order valence-electron chi connectivity index (χ2n) is 13.0. The van der Waals surface area contributed by atoms with Gasteiger partial charge in [-0.3, -0.25) is 9.48 Å². The number of benzene rings is 1. The van der Waals surface area contributed by atoms with Crippen LogP contribution in [0.3, 0.4) is 0 Å². The highest BCUT2D eigenvalue weighted by molar-refractivity contribution is 6.31. The lowest BCUT2D eigenvalue weighted by molar-refractivity contribution is -0.151. The summed E-state index contributed by atoms with van der Waals surface area (Å²) in [5.74, 6) is 3.33. The van der Waals surface area contributed by atoms with Crippen LogP contribution in [0.2, 0.25) is 5.02 Å². The third kappa shape index (κ3) is 3.50. The highest BCUT2D eigenvalue weighted by atomic mass is 35.5. The number of carbonyl (C=O) groups is 1. The van der Waals surface area contributed by atoms with Crippen LogP contribution in [-0.4, -0.2) is 26.3 Å². The van der Waals surface area contributed by atoms with E-state index in [0.717, 1.165) is 48.4 Å². The Labute approximate surface area is 208 Å². The fourth-order valence-electron chi connectivity index (χ4n) is 9.36. The number of hydrogen-bond donors (Lipinski definition) is 1. The largest absolute Gasteiger partial charge is 0.390 e. The summed E-state index contributed by atoms with van der Waals surface area (Å²) < 4.78 is 1.83. The predicted octanol–water partition coefficient (Wildman–Crippen LogP) is 6.67. The average molecular weight is 483 g/mol. The zero-order valence-corrected chi connectivity index (χ0v) is 21.7. The van der Waals surface area contributed by atoms with Crippen molar-refractivity contribution in [1.82, 2.24) is 9.78 Å². The first-order valence-corrected chi connectivity index (χ1v) is 13.8. The number of aromatic nitrogens is 2. The molecule has 4 fully saturated rings. The van der Waals surface area contributed by atoms with Crippen LogP contribution in [0.15, 0.2) is 24.4 Å². The molecule has 5 heteroatoms. The van der Waals surface area contributed by atoms with Crippen LogP contribution in [0, 0.1) is 40.4 Å². The number of Topliss-reactive ketones (excluding diaryl/α,β-unsaturated/α-hetero) is 1. The summed E-state index contributed by atoms with van der Waals surface area (Å²) >= 11 is 6.14. The van der Waals surface area contributed by atoms with Crippen molar-refractivity contribution in [2.24, 2.45) is 40.4 Å². The van der Waals surface area contributed by atoms with E-state index in [1.165, 1.54) is 32.1 Å². The standard InChI is InChI=1S/C29H39ClN2O2/c1-27(34)12-13-28(2)19(15-27)4-6-21-22-7-8-24(29(22,3)11-10-23(21)28)26(33)17-32-16-18-14-20(30)5-9-25(18)31-32/h5,9,14,16,19,21-24,34H,4,6-8,10-13,15,17H2,1-3H3/t19-,21+,22+,23+,24-,27-,28+,29+/m1/s1. The molecule has 4 aliphatic rings. The van der Waals surface area contributed by atoms with Crippen molar-refractivity contribution < 1.29 is 9.90 Å². The molecule has 2 aromatic rings. The van der Waals surface area contributed by atoms with E-state index in [9.17, 15) is 9.90 Å². The van der Waals surface area contributed by atoms with Crippen LogP contribution in [0.5, 0.6) is 0 Å². The molecule has 8 atom stereocenters. The van der Waals surface area contributed by atoms with Gasteiger partial charge in [0.1, 0.15) is 0 Å². The van der Waals surface area contributed by atoms with E-state index in [2.05, 4.69) is 18.9 Å². The lowest BCUT2D eigenvalue weighted by Gasteiger charge is -2.61. The molecule has 0 radical (unpaired) electrons. The van der Waals surface area contributed by atoms with Crippen LogP contribution < -0.4 is 0 Å². The van der Waals surface area contributed by atoms with Crippen molar-refractivity contribution >= 4 is 28.3 Å². The van der Waals surface area contributed by atoms with Gasteiger partial charge >= 0.3 is 0 Å². The van der Waals surface area contributed by atoms with Crippen LogP contribution in [0.25, 0.3) is 10.9 Å². The van der Waals surface area contributed by atoms with Gasteiger partial charge in [0.15, 0.2) is 5.78 Å². The molecule has 0 aliphatic heterocycles. The third-order valence-corrected chi connectivity index (χ3v) is 11.4. The Morgan fingerprint density at radius 2 is 1.85 bits per heavy atom. The molecule has 4 nitrogen and oxygen atoms in total. The van der Waals surface area contributed by atoms with E-state index in [0.29, 0.717) is 34.6 Å². The highest BCUT2D eigenvalue weighted by Gasteiger charge is 2.61. The number of halogens is 1. The molecule has 1 aromatic heterocycles. The summed E-state index contributed by atoms with van der Waals surface area (Å²) in [6, 6.07) is 5.70. The molecule has 0 spiro atoms. The van der Waals surface area contributed by atoms with Gasteiger partial charge in [-0.1, -0.05) is 25.4 Å². The van der Waals surface area contributed by atoms with Crippen LogP contribution in [-0.2, 0) is 11.3 Å². The second-order valence-corrected chi connectivity index (χ2v) is 13.5. The van der Waals surface area contributed by atoms with Crippen LogP contribution in [0.4, 0.5) is 0 Å². The number of ketones is 1. The summed E-state index contributed by atoms with van der Waals surface area (Å²) in [6.07, 6.45) is 12.2. The summed E-state index contributed by atoms with van der Waals surface area (Å²) in [4.78, 5) is 13.6. The van der Waals surface area contributed by atoms with Gasteiger partial charge in [0.2, 0.25) is 0 Å². The van der Waals surface area contributed by atoms with Gasteiger partial charge < -0.3 is 5.11 Å². The molecule has 6 rings (SSSR count). The maximum atomic E-state index is 13.6. The molecule has 184 valence electrons. The van der Waals surface area contributed by atoms with E-state index in [-0.39, 0.29) is 11.3 Å². The first-order valence-electron chi connectivity index (χ1n) is 13.5. The Kier molecular flexibility index (Phi) is 5.29. The first-order chi connectivity index (χ1) is 16.1. The fraction of sp³-hybridized carbons (Fsp3) is 0.724. The number of hydrogen-bond acceptors (Lipinski definition) is 3. The van der Waals surface area contributed by atoms with E-state index < -0.39 is 5.60 Å². The molecular formula is C29H39ClN2O2. The minimum atomic E-state index is -0.478. The quantitative estimate of drug-likeness (QED) is 0.531. The zero-order valence-electron chi connectivity index (χ0n) is 20.9. The molecule has 4 saturated carbocycles. The molecular weight excluding hydrogens is 444 g/mol. The number of carbonyl (C=O) groups excluding carboxylic acids is 1. The molecule has 1 aromatic carbocycles. The Bertz CT molecular complexity index is 1120. The Hall–Kier alpha value is -1.39. The van der Waals surface area contributed by atoms with E-state index in [1.807, 2.05) is 36.0 Å². The molecule has 34 heavy (non-hydrogen) atoms. The smallest absolute Gasteiger partial charge is 0.157 e. The minimum Gasteiger partial charge on any atom is -0.390 e. The van der Waals surface area contributed by atoms with Gasteiger partial charge in [-0.15, -0.1) is 0 Å². The van der Waals surface area contributed by atoms with Gasteiger partial charge in [-0.05, 0) is 117 Å². The maximum absolute atomic E-state index is 13.6. The Morgan fingerprint density at radius 3 is 2.68 bits per heavy atom. The van der Waals surface area contributed by atoms with Gasteiger partial charge in [-0.25, -0.2) is 0 Å². The number of nitrogens with zero attached hydrogens (tertiary/aromatic N) is 2. The Morgan fingerprint density at radius 1 is 1.06 bits per heavy atom. The lowest BCUT2D eigenvalue weighted by Crippen LogP contribution is -2.55.